The normalized spacial score (nSPS) is 20.7. The molecule has 0 saturated heterocycles. The molecule has 1 fully saturated rings. The van der Waals surface area contributed by atoms with Crippen molar-refractivity contribution in [1.82, 2.24) is 10.6 Å². The smallest absolute Gasteiger partial charge is 0.351 e. The number of benzene rings is 2. The lowest BCUT2D eigenvalue weighted by molar-refractivity contribution is -0.335. The summed E-state index contributed by atoms with van der Waals surface area (Å²) in [5.41, 5.74) is 5.20. The van der Waals surface area contributed by atoms with E-state index in [2.05, 4.69) is 10.6 Å². The highest BCUT2D eigenvalue weighted by molar-refractivity contribution is 6.07. The van der Waals surface area contributed by atoms with Crippen molar-refractivity contribution in [2.45, 2.75) is 37.4 Å². The minimum absolute atomic E-state index is 0.0777. The molecule has 216 valence electrons. The topological polar surface area (TPSA) is 207 Å². The maximum absolute atomic E-state index is 13.4. The van der Waals surface area contributed by atoms with Crippen molar-refractivity contribution in [3.05, 3.63) is 70.3 Å². The van der Waals surface area contributed by atoms with Gasteiger partial charge in [0, 0.05) is 34.4 Å². The molecule has 0 heterocycles. The number of carboxylic acids is 1. The predicted octanol–water partition coefficient (Wildman–Crippen LogP) is 1.02. The average molecular weight is 567 g/mol. The number of carboxylic acid groups (broad SMARTS) is 1. The van der Waals surface area contributed by atoms with Crippen LogP contribution in [0.5, 0.6) is 0 Å². The van der Waals surface area contributed by atoms with Gasteiger partial charge in [0.2, 0.25) is 6.41 Å². The number of hydrogen-bond acceptors (Lipinski definition) is 9. The van der Waals surface area contributed by atoms with Gasteiger partial charge in [0.25, 0.3) is 11.5 Å². The highest BCUT2D eigenvalue weighted by Gasteiger charge is 2.64. The van der Waals surface area contributed by atoms with Gasteiger partial charge in [0.05, 0.1) is 6.54 Å². The number of amides is 2. The highest BCUT2D eigenvalue weighted by Crippen LogP contribution is 2.54. The monoisotopic (exact) mass is 566 g/mol. The first-order chi connectivity index (χ1) is 19.7. The first kappa shape index (κ1) is 29.4. The molecule has 0 aromatic heterocycles. The number of aliphatic carboxylic acids is 1. The largest absolute Gasteiger partial charge is 0.479 e. The Hall–Kier alpha value is -4.62. The van der Waals surface area contributed by atoms with E-state index < -0.39 is 36.0 Å². The fraction of sp³-hybridized carbons (Fsp3) is 0.357. The van der Waals surface area contributed by atoms with Crippen molar-refractivity contribution < 1.29 is 43.6 Å². The molecule has 13 heteroatoms. The fourth-order valence-electron chi connectivity index (χ4n) is 4.93. The molecule has 4 rings (SSSR count). The third-order valence-corrected chi connectivity index (χ3v) is 7.11. The molecule has 1 unspecified atom stereocenters. The Balaban J connectivity index is 1.34. The molecule has 41 heavy (non-hydrogen) atoms. The van der Waals surface area contributed by atoms with Crippen LogP contribution >= 0.6 is 0 Å². The van der Waals surface area contributed by atoms with Crippen LogP contribution in [-0.2, 0) is 34.5 Å². The Bertz CT molecular complexity index is 1350. The number of nitrogens with two attached hydrogens (primary N) is 1. The Morgan fingerprint density at radius 2 is 1.73 bits per heavy atom. The van der Waals surface area contributed by atoms with Crippen LogP contribution in [-0.4, -0.2) is 66.8 Å². The molecule has 1 atom stereocenters. The number of esters is 1. The summed E-state index contributed by atoms with van der Waals surface area (Å²) in [5.74, 6) is -2.76. The van der Waals surface area contributed by atoms with Crippen molar-refractivity contribution in [3.8, 4) is 0 Å². The second-order valence-electron chi connectivity index (χ2n) is 9.82. The van der Waals surface area contributed by atoms with Crippen LogP contribution in [0.1, 0.15) is 63.1 Å². The number of amidine groups is 1. The van der Waals surface area contributed by atoms with E-state index in [0.717, 1.165) is 0 Å². The SMILES string of the molecule is N=C(N)c1ccc(C(=O)NCC2CCC(OC(=O)C3(OOCC(=O)O)c4cccc(C(=O)CNC=O)c43)CC2)cc1. The summed E-state index contributed by atoms with van der Waals surface area (Å²) < 4.78 is 5.76. The summed E-state index contributed by atoms with van der Waals surface area (Å²) in [6.45, 7) is -0.697. The van der Waals surface area contributed by atoms with E-state index in [1.54, 1.807) is 36.4 Å². The van der Waals surface area contributed by atoms with E-state index in [1.807, 2.05) is 0 Å². The van der Waals surface area contributed by atoms with Crippen LogP contribution < -0.4 is 16.4 Å². The summed E-state index contributed by atoms with van der Waals surface area (Å²) in [4.78, 5) is 70.2. The average Bonchev–Trinajstić information content (AvgIpc) is 3.64. The van der Waals surface area contributed by atoms with E-state index >= 15 is 0 Å². The van der Waals surface area contributed by atoms with Gasteiger partial charge in [-0.25, -0.2) is 19.4 Å². The summed E-state index contributed by atoms with van der Waals surface area (Å²) in [6.07, 6.45) is 2.33. The quantitative estimate of drug-likeness (QED) is 0.0417. The van der Waals surface area contributed by atoms with E-state index in [-0.39, 0.29) is 35.3 Å². The van der Waals surface area contributed by atoms with Crippen LogP contribution in [0.4, 0.5) is 0 Å². The van der Waals surface area contributed by atoms with Gasteiger partial charge in [-0.1, -0.05) is 30.3 Å². The first-order valence-electron chi connectivity index (χ1n) is 13.0. The summed E-state index contributed by atoms with van der Waals surface area (Å²) in [7, 11) is 0. The molecule has 6 N–H and O–H groups in total. The van der Waals surface area contributed by atoms with E-state index in [1.165, 1.54) is 6.07 Å². The number of carbonyl (C=O) groups is 5. The van der Waals surface area contributed by atoms with Gasteiger partial charge in [-0.05, 0) is 43.7 Å². The van der Waals surface area contributed by atoms with Gasteiger partial charge in [0.1, 0.15) is 11.9 Å². The maximum Gasteiger partial charge on any atom is 0.351 e. The Labute approximate surface area is 234 Å². The van der Waals surface area contributed by atoms with E-state index in [0.29, 0.717) is 55.3 Å². The van der Waals surface area contributed by atoms with Gasteiger partial charge < -0.3 is 26.2 Å². The standard InChI is InChI=1S/C28H30N4O9/c29-25(30)17-6-8-18(9-7-17)26(37)32-12-16-4-10-19(11-5-16)40-27(38)28(41-39-14-23(35)36)21-3-1-2-20(24(21)28)22(34)13-31-15-33/h1-3,6-9,15-16,19H,4-5,10-14H2,(H3,29,30)(H,31,33)(H,32,37)(H,35,36). The maximum atomic E-state index is 13.4. The Morgan fingerprint density at radius 1 is 1.05 bits per heavy atom. The second-order valence-corrected chi connectivity index (χ2v) is 9.82. The molecule has 2 aliphatic carbocycles. The van der Waals surface area contributed by atoms with Gasteiger partial charge in [-0.3, -0.25) is 19.8 Å². The number of nitrogens with one attached hydrogen (secondary N) is 3. The molecule has 2 aromatic carbocycles. The minimum atomic E-state index is -1.88. The number of carbonyl (C=O) groups excluding carboxylic acids is 4. The van der Waals surface area contributed by atoms with E-state index in [4.69, 9.17) is 30.8 Å². The van der Waals surface area contributed by atoms with Crippen molar-refractivity contribution in [1.29, 1.82) is 5.41 Å². The molecule has 0 radical (unpaired) electrons. The third-order valence-electron chi connectivity index (χ3n) is 7.11. The number of fused-ring (bicyclic) bond motifs is 1. The number of rotatable bonds is 14. The Kier molecular flexibility index (Phi) is 9.10. The number of hydrogen-bond donors (Lipinski definition) is 5. The molecule has 2 amide bonds. The van der Waals surface area contributed by atoms with Gasteiger partial charge >= 0.3 is 11.9 Å². The van der Waals surface area contributed by atoms with Crippen LogP contribution in [0.25, 0.3) is 0 Å². The van der Waals surface area contributed by atoms with Crippen LogP contribution in [0.3, 0.4) is 0 Å². The second kappa shape index (κ2) is 12.7. The summed E-state index contributed by atoms with van der Waals surface area (Å²) >= 11 is 0. The lowest BCUT2D eigenvalue weighted by Crippen LogP contribution is -2.36. The lowest BCUT2D eigenvalue weighted by atomic mass is 9.87. The van der Waals surface area contributed by atoms with Crippen LogP contribution in [0, 0.1) is 11.3 Å². The Morgan fingerprint density at radius 3 is 2.37 bits per heavy atom. The van der Waals surface area contributed by atoms with Gasteiger partial charge in [0.15, 0.2) is 12.4 Å². The van der Waals surface area contributed by atoms with Crippen LogP contribution in [0.15, 0.2) is 42.5 Å². The zero-order chi connectivity index (χ0) is 29.6. The fourth-order valence-corrected chi connectivity index (χ4v) is 4.93. The molecule has 0 bridgehead atoms. The highest BCUT2D eigenvalue weighted by atomic mass is 17.2. The number of nitrogen functional groups attached to an aromatic ring is 1. The van der Waals surface area contributed by atoms with Crippen molar-refractivity contribution in [3.63, 3.8) is 0 Å². The van der Waals surface area contributed by atoms with E-state index in [9.17, 15) is 24.0 Å². The lowest BCUT2D eigenvalue weighted by Gasteiger charge is -2.29. The zero-order valence-electron chi connectivity index (χ0n) is 22.0. The van der Waals surface area contributed by atoms with Crippen molar-refractivity contribution in [2.75, 3.05) is 19.7 Å². The molecule has 2 aromatic rings. The third kappa shape index (κ3) is 6.58. The molecular weight excluding hydrogens is 536 g/mol. The summed E-state index contributed by atoms with van der Waals surface area (Å²) in [5, 5.41) is 21.6. The number of ether oxygens (including phenoxy) is 1. The van der Waals surface area contributed by atoms with Crippen molar-refractivity contribution >= 4 is 35.9 Å². The molecule has 0 spiro atoms. The van der Waals surface area contributed by atoms with Crippen molar-refractivity contribution in [2.24, 2.45) is 11.7 Å². The molecule has 1 saturated carbocycles. The molecule has 13 nitrogen and oxygen atoms in total. The minimum Gasteiger partial charge on any atom is -0.479 e. The number of Topliss-reactive ketones (excluding diaryl/α,β-unsaturated/α-hetero) is 1. The molecular formula is C28H30N4O9. The molecule has 2 aliphatic rings. The molecule has 0 aliphatic heterocycles. The first-order valence-corrected chi connectivity index (χ1v) is 13.0. The predicted molar refractivity (Wildman–Crippen MR) is 142 cm³/mol. The summed E-state index contributed by atoms with van der Waals surface area (Å²) in [6, 6.07) is 11.0. The van der Waals surface area contributed by atoms with Gasteiger partial charge in [-0.15, -0.1) is 0 Å². The zero-order valence-corrected chi connectivity index (χ0v) is 22.0. The number of ketones is 1. The van der Waals surface area contributed by atoms with Gasteiger partial charge in [-0.2, -0.15) is 0 Å². The van der Waals surface area contributed by atoms with Crippen LogP contribution in [0.2, 0.25) is 0 Å².